The van der Waals surface area contributed by atoms with Crippen LogP contribution >= 0.6 is 11.8 Å². The summed E-state index contributed by atoms with van der Waals surface area (Å²) in [7, 11) is 0. The molecule has 0 spiro atoms. The van der Waals surface area contributed by atoms with E-state index in [1.165, 1.54) is 12.1 Å². The minimum atomic E-state index is -1.05. The fourth-order valence-corrected chi connectivity index (χ4v) is 4.40. The fraction of sp³-hybridized carbons (Fsp3) is 0.111. The lowest BCUT2D eigenvalue weighted by Crippen LogP contribution is -2.20. The molecule has 0 aliphatic rings. The molecule has 1 N–H and O–H groups in total. The fourth-order valence-electron chi connectivity index (χ4n) is 3.71. The minimum Gasteiger partial charge on any atom is -0.491 e. The van der Waals surface area contributed by atoms with E-state index in [-0.39, 0.29) is 17.5 Å². The highest BCUT2D eigenvalue weighted by molar-refractivity contribution is 7.99. The molecule has 0 aliphatic carbocycles. The number of aliphatic hydroxyl groups excluding tert-OH is 1. The summed E-state index contributed by atoms with van der Waals surface area (Å²) in [6.45, 7) is -0.156. The first kappa shape index (κ1) is 26.3. The molecule has 0 saturated heterocycles. The highest BCUT2D eigenvalue weighted by atomic mass is 32.2. The van der Waals surface area contributed by atoms with Gasteiger partial charge in [-0.15, -0.1) is 10.2 Å². The summed E-state index contributed by atoms with van der Waals surface area (Å²) in [5.74, 6) is -3.70. The van der Waals surface area contributed by atoms with Gasteiger partial charge < -0.3 is 14.3 Å². The van der Waals surface area contributed by atoms with Crippen LogP contribution in [0.4, 0.5) is 17.6 Å². The summed E-state index contributed by atoms with van der Waals surface area (Å²) in [6.07, 6.45) is -1.05. The van der Waals surface area contributed by atoms with Crippen LogP contribution in [0.3, 0.4) is 0 Å². The van der Waals surface area contributed by atoms with Crippen LogP contribution in [0.5, 0.6) is 5.75 Å². The van der Waals surface area contributed by atoms with Gasteiger partial charge in [0.05, 0.1) is 17.2 Å². The Morgan fingerprint density at radius 2 is 1.46 bits per heavy atom. The lowest BCUT2D eigenvalue weighted by Gasteiger charge is -2.14. The Labute approximate surface area is 222 Å². The molecule has 7 nitrogen and oxygen atoms in total. The van der Waals surface area contributed by atoms with Crippen molar-refractivity contribution in [3.05, 3.63) is 100 Å². The molecule has 0 aliphatic heterocycles. The maximum Gasteiger partial charge on any atom is 0.336 e. The number of benzene rings is 3. The number of nitrogens with zero attached hydrogens (tertiary/aromatic N) is 3. The molecule has 0 fully saturated rings. The number of aliphatic hydroxyl groups is 1. The predicted molar refractivity (Wildman–Crippen MR) is 135 cm³/mol. The van der Waals surface area contributed by atoms with E-state index >= 15 is 0 Å². The Kier molecular flexibility index (Phi) is 7.57. The molecule has 12 heteroatoms. The number of rotatable bonds is 8. The van der Waals surface area contributed by atoms with Gasteiger partial charge in [-0.2, -0.15) is 0 Å². The van der Waals surface area contributed by atoms with Crippen molar-refractivity contribution in [3.8, 4) is 28.3 Å². The maximum absolute atomic E-state index is 14.7. The molecule has 3 aromatic carbocycles. The first-order chi connectivity index (χ1) is 18.8. The van der Waals surface area contributed by atoms with Gasteiger partial charge in [0.15, 0.2) is 0 Å². The van der Waals surface area contributed by atoms with Crippen LogP contribution in [0.2, 0.25) is 0 Å². The quantitative estimate of drug-likeness (QED) is 0.154. The maximum atomic E-state index is 14.7. The molecule has 1 atom stereocenters. The number of hydrogen-bond acceptors (Lipinski definition) is 8. The average Bonchev–Trinajstić information content (AvgIpc) is 2.91. The molecular formula is C27H17F4N3O4S. The summed E-state index contributed by atoms with van der Waals surface area (Å²) in [4.78, 5) is 15.6. The van der Waals surface area contributed by atoms with Crippen molar-refractivity contribution in [3.63, 3.8) is 0 Å². The molecule has 2 aromatic heterocycles. The van der Waals surface area contributed by atoms with Gasteiger partial charge in [0.1, 0.15) is 52.6 Å². The van der Waals surface area contributed by atoms with Crippen LogP contribution in [0, 0.1) is 23.3 Å². The van der Waals surface area contributed by atoms with Crippen LogP contribution in [0.1, 0.15) is 0 Å². The molecule has 0 amide bonds. The first-order valence-electron chi connectivity index (χ1n) is 11.4. The third kappa shape index (κ3) is 5.76. The van der Waals surface area contributed by atoms with E-state index in [9.17, 15) is 27.5 Å². The van der Waals surface area contributed by atoms with E-state index in [2.05, 4.69) is 15.2 Å². The lowest BCUT2D eigenvalue weighted by molar-refractivity contribution is 0.126. The topological polar surface area (TPSA) is 98.3 Å². The zero-order valence-electron chi connectivity index (χ0n) is 19.8. The standard InChI is InChI=1S/C27H17F4N3O4S/c28-17-3-1-4-18(29)23(17)25-26(24-19(30)5-2-6-20(24)31)33-34-27(32-25)39-13-15(35)12-37-16-9-7-14-8-10-22(36)38-21(14)11-16/h1-11,15,35H,12-13H2. The SMILES string of the molecule is O=c1ccc2ccc(OCC(O)CSc3nnc(-c4c(F)cccc4F)c(-c4c(F)cccc4F)n3)cc2o1. The largest absolute Gasteiger partial charge is 0.491 e. The van der Waals surface area contributed by atoms with E-state index in [4.69, 9.17) is 9.15 Å². The average molecular weight is 556 g/mol. The van der Waals surface area contributed by atoms with Gasteiger partial charge in [-0.3, -0.25) is 0 Å². The van der Waals surface area contributed by atoms with Crippen LogP contribution in [-0.4, -0.2) is 38.8 Å². The third-order valence-corrected chi connectivity index (χ3v) is 6.49. The highest BCUT2D eigenvalue weighted by Gasteiger charge is 2.24. The van der Waals surface area contributed by atoms with Gasteiger partial charge >= 0.3 is 5.63 Å². The summed E-state index contributed by atoms with van der Waals surface area (Å²) >= 11 is 0.894. The van der Waals surface area contributed by atoms with Crippen LogP contribution < -0.4 is 10.4 Å². The van der Waals surface area contributed by atoms with Crippen LogP contribution in [0.25, 0.3) is 33.5 Å². The number of ether oxygens (including phenoxy) is 1. The highest BCUT2D eigenvalue weighted by Crippen LogP contribution is 2.35. The zero-order valence-corrected chi connectivity index (χ0v) is 20.6. The van der Waals surface area contributed by atoms with E-state index < -0.39 is 57.5 Å². The Morgan fingerprint density at radius 3 is 2.13 bits per heavy atom. The summed E-state index contributed by atoms with van der Waals surface area (Å²) in [5.41, 5.74) is -2.38. The van der Waals surface area contributed by atoms with Gasteiger partial charge in [-0.25, -0.2) is 27.3 Å². The van der Waals surface area contributed by atoms with Crippen LogP contribution in [-0.2, 0) is 0 Å². The molecule has 198 valence electrons. The lowest BCUT2D eigenvalue weighted by atomic mass is 10.0. The van der Waals surface area contributed by atoms with Crippen molar-refractivity contribution in [2.45, 2.75) is 11.3 Å². The van der Waals surface area contributed by atoms with Crippen molar-refractivity contribution in [1.29, 1.82) is 0 Å². The van der Waals surface area contributed by atoms with Crippen molar-refractivity contribution < 1.29 is 31.8 Å². The smallest absolute Gasteiger partial charge is 0.336 e. The normalized spacial score (nSPS) is 12.0. The van der Waals surface area contributed by atoms with Gasteiger partial charge in [0.25, 0.3) is 0 Å². The number of fused-ring (bicyclic) bond motifs is 1. The van der Waals surface area contributed by atoms with Gasteiger partial charge in [0.2, 0.25) is 5.16 Å². The number of thioether (sulfide) groups is 1. The van der Waals surface area contributed by atoms with Crippen molar-refractivity contribution in [1.82, 2.24) is 15.2 Å². The van der Waals surface area contributed by atoms with Crippen molar-refractivity contribution >= 4 is 22.7 Å². The summed E-state index contributed by atoms with van der Waals surface area (Å²) in [6, 6.07) is 13.9. The molecule has 0 bridgehead atoms. The molecular weight excluding hydrogens is 538 g/mol. The predicted octanol–water partition coefficient (Wildman–Crippen LogP) is 5.40. The molecule has 39 heavy (non-hydrogen) atoms. The molecule has 2 heterocycles. The number of aromatic nitrogens is 3. The molecule has 0 saturated carbocycles. The van der Waals surface area contributed by atoms with E-state index in [0.717, 1.165) is 48.2 Å². The summed E-state index contributed by atoms with van der Waals surface area (Å²) in [5, 5.41) is 18.7. The van der Waals surface area contributed by atoms with Gasteiger partial charge in [-0.1, -0.05) is 23.9 Å². The molecule has 5 rings (SSSR count). The second kappa shape index (κ2) is 11.2. The number of halogens is 4. The third-order valence-electron chi connectivity index (χ3n) is 5.51. The zero-order chi connectivity index (χ0) is 27.5. The second-order valence-corrected chi connectivity index (χ2v) is 9.20. The first-order valence-corrected chi connectivity index (χ1v) is 12.4. The van der Waals surface area contributed by atoms with Crippen LogP contribution in [0.15, 0.2) is 81.1 Å². The minimum absolute atomic E-state index is 0.0169. The number of hydrogen-bond donors (Lipinski definition) is 1. The Balaban J connectivity index is 1.36. The Hall–Kier alpha value is -4.29. The molecule has 5 aromatic rings. The Morgan fingerprint density at radius 1 is 0.846 bits per heavy atom. The van der Waals surface area contributed by atoms with E-state index in [1.807, 2.05) is 0 Å². The van der Waals surface area contributed by atoms with Crippen molar-refractivity contribution in [2.24, 2.45) is 0 Å². The monoisotopic (exact) mass is 555 g/mol. The van der Waals surface area contributed by atoms with Crippen molar-refractivity contribution in [2.75, 3.05) is 12.4 Å². The van der Waals surface area contributed by atoms with E-state index in [0.29, 0.717) is 16.7 Å². The van der Waals surface area contributed by atoms with Gasteiger partial charge in [-0.05, 0) is 42.5 Å². The molecule has 1 unspecified atom stereocenters. The Bertz CT molecular complexity index is 1690. The van der Waals surface area contributed by atoms with E-state index in [1.54, 1.807) is 18.2 Å². The van der Waals surface area contributed by atoms with Gasteiger partial charge in [0, 0.05) is 23.3 Å². The second-order valence-electron chi connectivity index (χ2n) is 8.21. The summed E-state index contributed by atoms with van der Waals surface area (Å²) < 4.78 is 69.0. The molecule has 0 radical (unpaired) electrons.